The maximum atomic E-state index is 4.67. The largest absolute Gasteiger partial charge is 0.348 e. The molecular weight excluding hydrogens is 296 g/mol. The van der Waals surface area contributed by atoms with Crippen LogP contribution in [0.15, 0.2) is 42.5 Å². The van der Waals surface area contributed by atoms with Gasteiger partial charge in [-0.1, -0.05) is 12.1 Å². The molecule has 120 valence electrons. The molecule has 2 aromatic carbocycles. The third kappa shape index (κ3) is 2.31. The van der Waals surface area contributed by atoms with E-state index in [4.69, 9.17) is 0 Å². The van der Waals surface area contributed by atoms with Gasteiger partial charge in [0.15, 0.2) is 0 Å². The van der Waals surface area contributed by atoms with Crippen molar-refractivity contribution in [1.29, 1.82) is 0 Å². The van der Waals surface area contributed by atoms with Gasteiger partial charge in [-0.3, -0.25) is 0 Å². The molecule has 4 nitrogen and oxygen atoms in total. The first kappa shape index (κ1) is 14.7. The van der Waals surface area contributed by atoms with Gasteiger partial charge in [0.05, 0.1) is 11.2 Å². The van der Waals surface area contributed by atoms with Crippen LogP contribution in [-0.2, 0) is 7.05 Å². The van der Waals surface area contributed by atoms with E-state index >= 15 is 0 Å². The minimum Gasteiger partial charge on any atom is -0.348 e. The Bertz CT molecular complexity index is 1080. The van der Waals surface area contributed by atoms with E-state index in [0.717, 1.165) is 22.3 Å². The quantitative estimate of drug-likeness (QED) is 0.578. The van der Waals surface area contributed by atoms with E-state index in [-0.39, 0.29) is 0 Å². The van der Waals surface area contributed by atoms with Crippen LogP contribution in [0.2, 0.25) is 0 Å². The van der Waals surface area contributed by atoms with Crippen molar-refractivity contribution >= 4 is 33.4 Å². The second-order valence-electron chi connectivity index (χ2n) is 6.34. The van der Waals surface area contributed by atoms with Crippen LogP contribution in [0.5, 0.6) is 0 Å². The molecule has 24 heavy (non-hydrogen) atoms. The lowest BCUT2D eigenvalue weighted by atomic mass is 10.1. The molecule has 0 atom stereocenters. The molecule has 4 aromatic rings. The number of fused-ring (bicyclic) bond motifs is 2. The Hall–Kier alpha value is -2.88. The Morgan fingerprint density at radius 3 is 2.62 bits per heavy atom. The minimum atomic E-state index is 0.637. The average molecular weight is 316 g/mol. The summed E-state index contributed by atoms with van der Waals surface area (Å²) in [6.45, 7) is 6.24. The molecule has 4 heteroatoms. The third-order valence-electron chi connectivity index (χ3n) is 4.65. The van der Waals surface area contributed by atoms with Crippen LogP contribution >= 0.6 is 0 Å². The van der Waals surface area contributed by atoms with Crippen molar-refractivity contribution < 1.29 is 0 Å². The first-order valence-electron chi connectivity index (χ1n) is 8.10. The second-order valence-corrected chi connectivity index (χ2v) is 6.34. The molecule has 0 saturated carbocycles. The molecular formula is C20H20N4. The van der Waals surface area contributed by atoms with Gasteiger partial charge in [0.1, 0.15) is 0 Å². The molecule has 0 bridgehead atoms. The normalized spacial score (nSPS) is 11.3. The Morgan fingerprint density at radius 2 is 1.79 bits per heavy atom. The fourth-order valence-corrected chi connectivity index (χ4v) is 3.32. The van der Waals surface area contributed by atoms with E-state index in [1.807, 2.05) is 19.1 Å². The lowest BCUT2D eigenvalue weighted by Gasteiger charge is -2.10. The van der Waals surface area contributed by atoms with Crippen LogP contribution < -0.4 is 5.32 Å². The van der Waals surface area contributed by atoms with Gasteiger partial charge in [0, 0.05) is 34.7 Å². The smallest absolute Gasteiger partial charge is 0.228 e. The van der Waals surface area contributed by atoms with Gasteiger partial charge in [-0.05, 0) is 56.7 Å². The summed E-state index contributed by atoms with van der Waals surface area (Å²) in [6, 6.07) is 14.7. The van der Waals surface area contributed by atoms with Crippen molar-refractivity contribution in [1.82, 2.24) is 14.5 Å². The molecule has 2 aromatic heterocycles. The summed E-state index contributed by atoms with van der Waals surface area (Å²) in [5, 5.41) is 5.70. The zero-order valence-corrected chi connectivity index (χ0v) is 14.4. The monoisotopic (exact) mass is 316 g/mol. The Labute approximate surface area is 141 Å². The first-order chi connectivity index (χ1) is 11.5. The topological polar surface area (TPSA) is 42.7 Å². The Balaban J connectivity index is 1.76. The van der Waals surface area contributed by atoms with Crippen LogP contribution in [0, 0.1) is 20.8 Å². The maximum absolute atomic E-state index is 4.67. The molecule has 0 amide bonds. The van der Waals surface area contributed by atoms with Crippen molar-refractivity contribution in [2.24, 2.45) is 7.05 Å². The molecule has 0 aliphatic carbocycles. The number of nitrogens with zero attached hydrogens (tertiary/aromatic N) is 3. The van der Waals surface area contributed by atoms with Gasteiger partial charge in [-0.25, -0.2) is 9.97 Å². The number of rotatable bonds is 2. The van der Waals surface area contributed by atoms with Gasteiger partial charge in [-0.2, -0.15) is 0 Å². The van der Waals surface area contributed by atoms with Crippen molar-refractivity contribution in [3.8, 4) is 0 Å². The molecule has 0 fully saturated rings. The lowest BCUT2D eigenvalue weighted by molar-refractivity contribution is 0.918. The highest BCUT2D eigenvalue weighted by Gasteiger charge is 2.08. The zero-order valence-electron chi connectivity index (χ0n) is 14.4. The highest BCUT2D eigenvalue weighted by Crippen LogP contribution is 2.25. The lowest BCUT2D eigenvalue weighted by Crippen LogP contribution is -2.00. The fourth-order valence-electron chi connectivity index (χ4n) is 3.32. The molecule has 1 N–H and O–H groups in total. The van der Waals surface area contributed by atoms with Gasteiger partial charge in [0.2, 0.25) is 5.95 Å². The summed E-state index contributed by atoms with van der Waals surface area (Å²) in [5.74, 6) is 0.637. The van der Waals surface area contributed by atoms with Gasteiger partial charge < -0.3 is 9.88 Å². The number of nitrogens with one attached hydrogen (secondary N) is 1. The molecule has 4 rings (SSSR count). The molecule has 0 saturated heterocycles. The minimum absolute atomic E-state index is 0.637. The number of hydrogen-bond acceptors (Lipinski definition) is 3. The first-order valence-corrected chi connectivity index (χ1v) is 8.10. The van der Waals surface area contributed by atoms with Crippen molar-refractivity contribution in [3.63, 3.8) is 0 Å². The average Bonchev–Trinajstić information content (AvgIpc) is 2.81. The summed E-state index contributed by atoms with van der Waals surface area (Å²) in [4.78, 5) is 9.30. The van der Waals surface area contributed by atoms with Crippen molar-refractivity contribution in [2.45, 2.75) is 20.8 Å². The SMILES string of the molecule is Cc1cccc2nc(Nc3ccc4c(c3)cc(C)n4C)nc(C)c12. The summed E-state index contributed by atoms with van der Waals surface area (Å²) < 4.78 is 2.19. The molecule has 0 aliphatic rings. The fraction of sp³-hybridized carbons (Fsp3) is 0.200. The Morgan fingerprint density at radius 1 is 0.958 bits per heavy atom. The maximum Gasteiger partial charge on any atom is 0.228 e. The summed E-state index contributed by atoms with van der Waals surface area (Å²) in [6.07, 6.45) is 0. The van der Waals surface area contributed by atoms with E-state index in [9.17, 15) is 0 Å². The highest BCUT2D eigenvalue weighted by molar-refractivity contribution is 5.87. The van der Waals surface area contributed by atoms with Crippen LogP contribution in [0.1, 0.15) is 17.0 Å². The molecule has 0 spiro atoms. The number of hydrogen-bond donors (Lipinski definition) is 1. The molecule has 2 heterocycles. The zero-order chi connectivity index (χ0) is 16.8. The third-order valence-corrected chi connectivity index (χ3v) is 4.65. The van der Waals surface area contributed by atoms with E-state index in [1.54, 1.807) is 0 Å². The standard InChI is InChI=1S/C20H20N4/c1-12-6-5-7-17-19(12)14(3)21-20(23-17)22-16-8-9-18-15(11-16)10-13(2)24(18)4/h5-11H,1-4H3,(H,21,22,23). The molecule has 0 aliphatic heterocycles. The number of benzene rings is 2. The van der Waals surface area contributed by atoms with Gasteiger partial charge in [-0.15, -0.1) is 0 Å². The second kappa shape index (κ2) is 5.34. The number of aromatic nitrogens is 3. The predicted octanol–water partition coefficient (Wildman–Crippen LogP) is 4.79. The van der Waals surface area contributed by atoms with E-state index < -0.39 is 0 Å². The Kier molecular flexibility index (Phi) is 3.27. The van der Waals surface area contributed by atoms with Gasteiger partial charge in [0.25, 0.3) is 0 Å². The van der Waals surface area contributed by atoms with Crippen LogP contribution in [0.25, 0.3) is 21.8 Å². The van der Waals surface area contributed by atoms with Crippen molar-refractivity contribution in [2.75, 3.05) is 5.32 Å². The molecule has 0 radical (unpaired) electrons. The number of aryl methyl sites for hydroxylation is 4. The van der Waals surface area contributed by atoms with Crippen LogP contribution in [-0.4, -0.2) is 14.5 Å². The predicted molar refractivity (Wildman–Crippen MR) is 100.0 cm³/mol. The van der Waals surface area contributed by atoms with Crippen LogP contribution in [0.4, 0.5) is 11.6 Å². The molecule has 0 unspecified atom stereocenters. The number of anilines is 2. The summed E-state index contributed by atoms with van der Waals surface area (Å²) >= 11 is 0. The van der Waals surface area contributed by atoms with Gasteiger partial charge >= 0.3 is 0 Å². The summed E-state index contributed by atoms with van der Waals surface area (Å²) in [7, 11) is 2.09. The van der Waals surface area contributed by atoms with E-state index in [0.29, 0.717) is 5.95 Å². The van der Waals surface area contributed by atoms with Crippen molar-refractivity contribution in [3.05, 3.63) is 59.4 Å². The van der Waals surface area contributed by atoms with Crippen LogP contribution in [0.3, 0.4) is 0 Å². The summed E-state index contributed by atoms with van der Waals surface area (Å²) in [5.41, 5.74) is 6.65. The van der Waals surface area contributed by atoms with E-state index in [2.05, 4.69) is 71.1 Å². The highest BCUT2D eigenvalue weighted by atomic mass is 15.1. The van der Waals surface area contributed by atoms with E-state index in [1.165, 1.54) is 22.2 Å².